The summed E-state index contributed by atoms with van der Waals surface area (Å²) in [6.45, 7) is 4.07. The number of amides is 1. The number of sulfone groups is 1. The molecule has 11 heteroatoms. The minimum absolute atomic E-state index is 0.0717. The molecule has 3 atom stereocenters. The third-order valence-corrected chi connectivity index (χ3v) is 8.31. The molecular weight excluding hydrogens is 514 g/mol. The highest BCUT2D eigenvalue weighted by atomic mass is 32.2. The highest BCUT2D eigenvalue weighted by Gasteiger charge is 2.65. The van der Waals surface area contributed by atoms with Crippen LogP contribution in [0.15, 0.2) is 71.9 Å². The molecule has 0 N–H and O–H groups in total. The first-order chi connectivity index (χ1) is 17.9. The van der Waals surface area contributed by atoms with Crippen LogP contribution in [-0.2, 0) is 33.6 Å². The summed E-state index contributed by atoms with van der Waals surface area (Å²) in [6.07, 6.45) is -1.39. The maximum Gasteiger partial charge on any atom is 0.339 e. The van der Waals surface area contributed by atoms with Gasteiger partial charge in [0.05, 0.1) is 22.4 Å². The van der Waals surface area contributed by atoms with Gasteiger partial charge >= 0.3 is 11.9 Å². The highest BCUT2D eigenvalue weighted by Crippen LogP contribution is 2.44. The Hall–Kier alpha value is -3.83. The first kappa shape index (κ1) is 27.2. The molecule has 2 aliphatic rings. The van der Waals surface area contributed by atoms with E-state index >= 15 is 0 Å². The Morgan fingerprint density at radius 3 is 1.92 bits per heavy atom. The van der Waals surface area contributed by atoms with Crippen molar-refractivity contribution in [1.29, 1.82) is 0 Å². The summed E-state index contributed by atoms with van der Waals surface area (Å²) < 4.78 is 43.5. The van der Waals surface area contributed by atoms with Crippen LogP contribution in [0.4, 0.5) is 0 Å². The minimum Gasteiger partial charge on any atom is -0.457 e. The van der Waals surface area contributed by atoms with Gasteiger partial charge in [-0.15, -0.1) is 0 Å². The van der Waals surface area contributed by atoms with Crippen LogP contribution in [0, 0.1) is 5.41 Å². The smallest absolute Gasteiger partial charge is 0.339 e. The zero-order valence-electron chi connectivity index (χ0n) is 21.2. The molecule has 2 aromatic rings. The van der Waals surface area contributed by atoms with Crippen molar-refractivity contribution in [3.63, 3.8) is 0 Å². The molecule has 0 bridgehead atoms. The molecule has 1 amide bonds. The molecule has 200 valence electrons. The maximum absolute atomic E-state index is 13.8. The van der Waals surface area contributed by atoms with Crippen LogP contribution in [-0.4, -0.2) is 67.6 Å². The van der Waals surface area contributed by atoms with Crippen molar-refractivity contribution in [2.24, 2.45) is 5.41 Å². The molecule has 0 saturated carbocycles. The summed E-state index contributed by atoms with van der Waals surface area (Å²) in [7, 11) is -3.33. The van der Waals surface area contributed by atoms with Crippen molar-refractivity contribution in [2.75, 3.05) is 13.7 Å². The van der Waals surface area contributed by atoms with Gasteiger partial charge in [-0.3, -0.25) is 14.5 Å². The van der Waals surface area contributed by atoms with E-state index in [4.69, 9.17) is 14.2 Å². The second-order valence-corrected chi connectivity index (χ2v) is 11.9. The summed E-state index contributed by atoms with van der Waals surface area (Å²) >= 11 is 0. The maximum atomic E-state index is 13.8. The Labute approximate surface area is 220 Å². The van der Waals surface area contributed by atoms with Crippen LogP contribution in [0.2, 0.25) is 0 Å². The molecule has 1 fully saturated rings. The number of methoxy groups -OCH3 is 1. The number of benzene rings is 2. The van der Waals surface area contributed by atoms with Gasteiger partial charge in [0, 0.05) is 12.5 Å². The number of Topliss-reactive ketones (excluding diaryl/α,β-unsaturated/α-hetero) is 1. The molecule has 10 nitrogen and oxygen atoms in total. The summed E-state index contributed by atoms with van der Waals surface area (Å²) in [4.78, 5) is 53.1. The number of nitrogens with zero attached hydrogens (tertiary/aromatic N) is 1. The van der Waals surface area contributed by atoms with Gasteiger partial charge in [0.25, 0.3) is 5.91 Å². The number of carbonyl (C=O) groups excluding carboxylic acids is 4. The van der Waals surface area contributed by atoms with Crippen molar-refractivity contribution < 1.29 is 41.8 Å². The van der Waals surface area contributed by atoms with E-state index in [1.54, 1.807) is 57.2 Å². The second-order valence-electron chi connectivity index (χ2n) is 9.84. The average Bonchev–Trinajstić information content (AvgIpc) is 2.89. The van der Waals surface area contributed by atoms with Gasteiger partial charge < -0.3 is 14.2 Å². The predicted octanol–water partition coefficient (Wildman–Crippen LogP) is 2.51. The molecule has 2 heterocycles. The van der Waals surface area contributed by atoms with E-state index < -0.39 is 62.4 Å². The van der Waals surface area contributed by atoms with E-state index in [1.807, 2.05) is 0 Å². The first-order valence-electron chi connectivity index (χ1n) is 11.7. The van der Waals surface area contributed by atoms with Crippen LogP contribution >= 0.6 is 0 Å². The zero-order valence-corrected chi connectivity index (χ0v) is 22.1. The lowest BCUT2D eigenvalue weighted by Gasteiger charge is -2.51. The lowest BCUT2D eigenvalue weighted by molar-refractivity contribution is -0.161. The van der Waals surface area contributed by atoms with E-state index in [0.717, 1.165) is 4.90 Å². The number of esters is 2. The topological polar surface area (TPSA) is 133 Å². The van der Waals surface area contributed by atoms with Crippen LogP contribution in [0.25, 0.3) is 0 Å². The largest absolute Gasteiger partial charge is 0.457 e. The lowest BCUT2D eigenvalue weighted by atomic mass is 9.85. The fourth-order valence-electron chi connectivity index (χ4n) is 4.23. The molecule has 0 spiro atoms. The second kappa shape index (κ2) is 10.1. The lowest BCUT2D eigenvalue weighted by Crippen LogP contribution is -2.72. The van der Waals surface area contributed by atoms with Crippen molar-refractivity contribution in [2.45, 2.75) is 37.7 Å². The molecule has 0 radical (unpaired) electrons. The van der Waals surface area contributed by atoms with Crippen LogP contribution in [0.1, 0.15) is 41.5 Å². The number of fused-ring (bicyclic) bond motifs is 1. The normalized spacial score (nSPS) is 22.3. The van der Waals surface area contributed by atoms with Crippen molar-refractivity contribution in [3.8, 4) is 0 Å². The van der Waals surface area contributed by atoms with Gasteiger partial charge in [0.2, 0.25) is 15.3 Å². The van der Waals surface area contributed by atoms with E-state index in [1.165, 1.54) is 31.4 Å². The van der Waals surface area contributed by atoms with Crippen LogP contribution in [0.5, 0.6) is 0 Å². The molecule has 0 aromatic heterocycles. The summed E-state index contributed by atoms with van der Waals surface area (Å²) in [6, 6.07) is 15.6. The Kier molecular flexibility index (Phi) is 7.26. The van der Waals surface area contributed by atoms with E-state index in [2.05, 4.69) is 0 Å². The fourth-order valence-corrected chi connectivity index (χ4v) is 6.35. The van der Waals surface area contributed by atoms with E-state index in [9.17, 15) is 27.6 Å². The first-order valence-corrected chi connectivity index (χ1v) is 13.3. The van der Waals surface area contributed by atoms with E-state index in [0.29, 0.717) is 0 Å². The standard InChI is InChI=1S/C27H27NO9S/c1-27(2,3)21(29)19-18(15-36-24(31)16-11-7-5-8-12-16)26(37-25(32)17-13-9-6-10-14-17)38(33,34)23-20(35-4)22(30)28(19)23/h5-14,20,23,26H,15H2,1-4H3/t20-,23+,26-/m0/s1. The number of carbonyl (C=O) groups is 4. The summed E-state index contributed by atoms with van der Waals surface area (Å²) in [5, 5.41) is -1.59. The Balaban J connectivity index is 1.85. The van der Waals surface area contributed by atoms with Gasteiger partial charge in [-0.1, -0.05) is 57.2 Å². The molecule has 38 heavy (non-hydrogen) atoms. The van der Waals surface area contributed by atoms with Gasteiger partial charge in [-0.25, -0.2) is 18.0 Å². The van der Waals surface area contributed by atoms with Gasteiger partial charge in [-0.05, 0) is 24.3 Å². The Morgan fingerprint density at radius 2 is 1.42 bits per heavy atom. The van der Waals surface area contributed by atoms with Gasteiger partial charge in [0.15, 0.2) is 17.3 Å². The number of β-lactam (4-membered cyclic amide) rings is 1. The molecule has 4 rings (SSSR count). The fraction of sp³-hybridized carbons (Fsp3) is 0.333. The SMILES string of the molecule is CO[C@H]1C(=O)N2C(C(=O)C(C)(C)C)=C(COC(=O)c3ccccc3)[C@@H](OC(=O)c3ccccc3)S(=O)(=O)[C@H]12. The quantitative estimate of drug-likeness (QED) is 0.383. The van der Waals surface area contributed by atoms with Crippen molar-refractivity contribution in [3.05, 3.63) is 83.1 Å². The molecule has 0 unspecified atom stereocenters. The van der Waals surface area contributed by atoms with Crippen LogP contribution in [0.3, 0.4) is 0 Å². The number of allylic oxidation sites excluding steroid dienone is 1. The average molecular weight is 542 g/mol. The Morgan fingerprint density at radius 1 is 0.895 bits per heavy atom. The highest BCUT2D eigenvalue weighted by molar-refractivity contribution is 7.93. The van der Waals surface area contributed by atoms with E-state index in [-0.39, 0.29) is 22.4 Å². The summed E-state index contributed by atoms with van der Waals surface area (Å²) in [5.74, 6) is -3.10. The number of rotatable bonds is 7. The third kappa shape index (κ3) is 4.74. The molecule has 2 aromatic carbocycles. The van der Waals surface area contributed by atoms with Gasteiger partial charge in [0.1, 0.15) is 6.61 Å². The van der Waals surface area contributed by atoms with Crippen LogP contribution < -0.4 is 0 Å². The molecule has 1 saturated heterocycles. The zero-order chi connectivity index (χ0) is 27.8. The number of ketones is 1. The molecule has 0 aliphatic carbocycles. The van der Waals surface area contributed by atoms with Crippen molar-refractivity contribution in [1.82, 2.24) is 4.90 Å². The molecular formula is C27H27NO9S. The Bertz CT molecular complexity index is 1410. The monoisotopic (exact) mass is 541 g/mol. The molecule has 2 aliphatic heterocycles. The minimum atomic E-state index is -4.50. The predicted molar refractivity (Wildman–Crippen MR) is 134 cm³/mol. The number of hydrogen-bond donors (Lipinski definition) is 0. The third-order valence-electron chi connectivity index (χ3n) is 6.20. The number of ether oxygens (including phenoxy) is 3. The summed E-state index contributed by atoms with van der Waals surface area (Å²) in [5.41, 5.74) is -3.43. The van der Waals surface area contributed by atoms with Gasteiger partial charge in [-0.2, -0.15) is 0 Å². The number of hydrogen-bond acceptors (Lipinski definition) is 9. The van der Waals surface area contributed by atoms with Crippen molar-refractivity contribution >= 4 is 33.5 Å².